The Bertz CT molecular complexity index is 1180. The largest absolute Gasteiger partial charge is 0.379 e. The van der Waals surface area contributed by atoms with E-state index >= 15 is 0 Å². The van der Waals surface area contributed by atoms with Crippen LogP contribution >= 0.6 is 0 Å². The molecule has 4 N–H and O–H groups in total. The number of hydrogen-bond acceptors (Lipinski definition) is 8. The molecule has 0 aromatic rings. The van der Waals surface area contributed by atoms with Crippen LogP contribution in [0.1, 0.15) is 47.9 Å². The Morgan fingerprint density at radius 3 is 0.875 bits per heavy atom. The molecule has 0 saturated carbocycles. The summed E-state index contributed by atoms with van der Waals surface area (Å²) in [6.07, 6.45) is 3.91. The van der Waals surface area contributed by atoms with Gasteiger partial charge in [-0.1, -0.05) is 72.8 Å². The van der Waals surface area contributed by atoms with Crippen molar-refractivity contribution in [1.29, 1.82) is 0 Å². The van der Waals surface area contributed by atoms with Crippen LogP contribution in [0.25, 0.3) is 22.3 Å². The third kappa shape index (κ3) is 12.2. The molecule has 0 fully saturated rings. The topological polar surface area (TPSA) is 85.0 Å². The first-order chi connectivity index (χ1) is 23.9. The second-order valence-corrected chi connectivity index (χ2v) is 12.4. The fourth-order valence-corrected chi connectivity index (χ4v) is 6.26. The lowest BCUT2D eigenvalue weighted by Crippen LogP contribution is -2.18. The molecule has 260 valence electrons. The van der Waals surface area contributed by atoms with Crippen LogP contribution in [0.4, 0.5) is 0 Å². The lowest BCUT2D eigenvalue weighted by Gasteiger charge is -2.08. The molecule has 0 saturated heterocycles. The van der Waals surface area contributed by atoms with Crippen LogP contribution in [0.5, 0.6) is 0 Å². The van der Waals surface area contributed by atoms with Crippen LogP contribution in [0.2, 0.25) is 0 Å². The zero-order valence-electron chi connectivity index (χ0n) is 28.7. The molecule has 4 aliphatic carbocycles. The summed E-state index contributed by atoms with van der Waals surface area (Å²) in [5, 5.41) is 14.5. The van der Waals surface area contributed by atoms with Crippen molar-refractivity contribution in [1.82, 2.24) is 21.3 Å². The summed E-state index contributed by atoms with van der Waals surface area (Å²) in [5.74, 6) is 0. The predicted octanol–water partition coefficient (Wildman–Crippen LogP) is 5.60. The molecule has 1 aliphatic heterocycles. The van der Waals surface area contributed by atoms with E-state index < -0.39 is 0 Å². The Balaban J connectivity index is 1.07. The smallest absolute Gasteiger partial charge is 0.0700 e. The molecule has 4 bridgehead atoms. The van der Waals surface area contributed by atoms with Crippen LogP contribution in [0.15, 0.2) is 72.8 Å². The monoisotopic (exact) mass is 656 g/mol. The normalized spacial score (nSPS) is 19.0. The highest BCUT2D eigenvalue weighted by atomic mass is 16.5. The van der Waals surface area contributed by atoms with Crippen LogP contribution < -0.4 is 21.3 Å². The first kappa shape index (κ1) is 36.4. The van der Waals surface area contributed by atoms with Crippen LogP contribution in [-0.2, 0) is 45.1 Å². The molecular formula is C40H56N4O4. The molecule has 0 amide bonds. The fraction of sp³-hybridized carbons (Fsp3) is 0.500. The molecule has 0 aromatic carbocycles. The van der Waals surface area contributed by atoms with E-state index in [0.717, 1.165) is 104 Å². The summed E-state index contributed by atoms with van der Waals surface area (Å²) >= 11 is 0. The summed E-state index contributed by atoms with van der Waals surface area (Å²) in [5.41, 5.74) is 10.7. The third-order valence-corrected chi connectivity index (χ3v) is 8.73. The van der Waals surface area contributed by atoms with Gasteiger partial charge in [0.05, 0.1) is 26.4 Å². The van der Waals surface area contributed by atoms with Crippen molar-refractivity contribution in [3.05, 3.63) is 95.1 Å². The number of ether oxygens (including phenoxy) is 4. The molecule has 48 heavy (non-hydrogen) atoms. The quantitative estimate of drug-likeness (QED) is 0.195. The van der Waals surface area contributed by atoms with E-state index in [1.54, 1.807) is 0 Å². The molecule has 5 aliphatic rings. The van der Waals surface area contributed by atoms with Crippen LogP contribution in [-0.4, -0.2) is 79.0 Å². The van der Waals surface area contributed by atoms with Crippen molar-refractivity contribution in [2.45, 2.75) is 51.9 Å². The highest BCUT2D eigenvalue weighted by Crippen LogP contribution is 2.33. The molecular weight excluding hydrogens is 600 g/mol. The van der Waals surface area contributed by atoms with Gasteiger partial charge in [-0.3, -0.25) is 0 Å². The second kappa shape index (κ2) is 21.9. The Morgan fingerprint density at radius 2 is 0.604 bits per heavy atom. The average Bonchev–Trinajstić information content (AvgIpc) is 3.33. The maximum absolute atomic E-state index is 5.82. The zero-order valence-corrected chi connectivity index (χ0v) is 28.7. The van der Waals surface area contributed by atoms with Crippen molar-refractivity contribution in [3.8, 4) is 22.3 Å². The molecule has 0 unspecified atom stereocenters. The Hall–Kier alpha value is -2.92. The van der Waals surface area contributed by atoms with Gasteiger partial charge in [0.15, 0.2) is 0 Å². The maximum Gasteiger partial charge on any atom is 0.0700 e. The minimum Gasteiger partial charge on any atom is -0.379 e. The molecule has 5 rings (SSSR count). The van der Waals surface area contributed by atoms with Gasteiger partial charge in [0.25, 0.3) is 0 Å². The summed E-state index contributed by atoms with van der Waals surface area (Å²) in [7, 11) is 0. The highest BCUT2D eigenvalue weighted by molar-refractivity contribution is 5.75. The summed E-state index contributed by atoms with van der Waals surface area (Å²) in [6, 6.07) is 26.4. The van der Waals surface area contributed by atoms with E-state index in [0.29, 0.717) is 26.4 Å². The lowest BCUT2D eigenvalue weighted by molar-refractivity contribution is 0.0461. The molecule has 0 radical (unpaired) electrons. The van der Waals surface area contributed by atoms with E-state index in [2.05, 4.69) is 94.1 Å². The van der Waals surface area contributed by atoms with Crippen molar-refractivity contribution < 1.29 is 18.9 Å². The molecule has 1 heterocycles. The lowest BCUT2D eigenvalue weighted by atomic mass is 10.1. The fourth-order valence-electron chi connectivity index (χ4n) is 6.26. The number of fused-ring (bicyclic) bond motifs is 10. The Kier molecular flexibility index (Phi) is 16.6. The summed E-state index contributed by atoms with van der Waals surface area (Å²) in [6.45, 7) is 12.6. The predicted molar refractivity (Wildman–Crippen MR) is 195 cm³/mol. The van der Waals surface area contributed by atoms with Gasteiger partial charge >= 0.3 is 0 Å². The van der Waals surface area contributed by atoms with Crippen LogP contribution in [0, 0.1) is 0 Å². The van der Waals surface area contributed by atoms with Gasteiger partial charge in [0.1, 0.15) is 0 Å². The van der Waals surface area contributed by atoms with Gasteiger partial charge in [0, 0.05) is 52.6 Å². The van der Waals surface area contributed by atoms with Gasteiger partial charge in [-0.05, 0) is 96.4 Å². The van der Waals surface area contributed by atoms with Crippen molar-refractivity contribution >= 4 is 0 Å². The first-order valence-corrected chi connectivity index (χ1v) is 18.0. The molecule has 0 aromatic heterocycles. The third-order valence-electron chi connectivity index (χ3n) is 8.73. The van der Waals surface area contributed by atoms with E-state index in [9.17, 15) is 0 Å². The molecule has 8 heteroatoms. The van der Waals surface area contributed by atoms with Gasteiger partial charge in [-0.15, -0.1) is 0 Å². The van der Waals surface area contributed by atoms with E-state index in [-0.39, 0.29) is 0 Å². The van der Waals surface area contributed by atoms with Gasteiger partial charge < -0.3 is 40.2 Å². The van der Waals surface area contributed by atoms with Gasteiger partial charge in [-0.25, -0.2) is 0 Å². The molecule has 8 nitrogen and oxygen atoms in total. The van der Waals surface area contributed by atoms with Crippen molar-refractivity contribution in [3.63, 3.8) is 0 Å². The summed E-state index contributed by atoms with van der Waals surface area (Å²) < 4.78 is 23.3. The van der Waals surface area contributed by atoms with Crippen LogP contribution in [0.3, 0.4) is 0 Å². The SMILES string of the molecule is c1ccc2c3cc(c-2cc1)CNCCCOCCOCCCNCc1cc(c2cccccc1-2)CNCCCOCCOCCCNC3. The number of hydrogen-bond donors (Lipinski definition) is 4. The molecule has 0 spiro atoms. The number of nitrogens with one attached hydrogen (secondary N) is 4. The minimum absolute atomic E-state index is 0.639. The van der Waals surface area contributed by atoms with E-state index in [1.165, 1.54) is 44.5 Å². The van der Waals surface area contributed by atoms with E-state index in [1.807, 2.05) is 0 Å². The minimum atomic E-state index is 0.639. The highest BCUT2D eigenvalue weighted by Gasteiger charge is 2.15. The Morgan fingerprint density at radius 1 is 0.333 bits per heavy atom. The molecule has 0 atom stereocenters. The van der Waals surface area contributed by atoms with Crippen molar-refractivity contribution in [2.24, 2.45) is 0 Å². The second-order valence-electron chi connectivity index (χ2n) is 12.4. The van der Waals surface area contributed by atoms with Gasteiger partial charge in [-0.2, -0.15) is 0 Å². The van der Waals surface area contributed by atoms with Crippen molar-refractivity contribution in [2.75, 3.05) is 79.0 Å². The Labute approximate surface area is 288 Å². The van der Waals surface area contributed by atoms with Gasteiger partial charge in [0.2, 0.25) is 0 Å². The maximum atomic E-state index is 5.82. The summed E-state index contributed by atoms with van der Waals surface area (Å²) in [4.78, 5) is 0. The average molecular weight is 657 g/mol. The van der Waals surface area contributed by atoms with E-state index in [4.69, 9.17) is 18.9 Å². The standard InChI is InChI=1S/C40H56N4O4/c1-3-11-37-33-27-34(38(37)12-4-1)30-42-16-8-20-46-24-26-48-22-10-18-44-32-36-28-35(39-13-5-2-6-14-40(36)39)31-43-17-9-21-47-25-23-45-19-7-15-41-29-33/h1-6,11-14,27-28,41-44H,7-10,15-26,29-32H2. The number of rotatable bonds is 0. The zero-order chi connectivity index (χ0) is 32.9. The first-order valence-electron chi connectivity index (χ1n) is 18.0.